The molecular weight excluding hydrogens is 400 g/mol. The Bertz CT molecular complexity index is 776. The molecule has 0 N–H and O–H groups in total. The lowest BCUT2D eigenvalue weighted by atomic mass is 9.97. The molecule has 2 aliphatic heterocycles. The van der Waals surface area contributed by atoms with Gasteiger partial charge in [0.1, 0.15) is 18.0 Å². The molecule has 0 bridgehead atoms. The summed E-state index contributed by atoms with van der Waals surface area (Å²) >= 11 is 0. The Morgan fingerprint density at radius 3 is 2.03 bits per heavy atom. The highest BCUT2D eigenvalue weighted by Gasteiger charge is 2.54. The van der Waals surface area contributed by atoms with E-state index in [-0.39, 0.29) is 6.61 Å². The zero-order valence-corrected chi connectivity index (χ0v) is 17.1. The molecule has 2 fully saturated rings. The third-order valence-corrected chi connectivity index (χ3v) is 4.56. The zero-order valence-electron chi connectivity index (χ0n) is 17.1. The number of benzene rings is 1. The number of methoxy groups -OCH3 is 1. The van der Waals surface area contributed by atoms with Crippen molar-refractivity contribution in [1.29, 1.82) is 0 Å². The third-order valence-electron chi connectivity index (χ3n) is 4.56. The van der Waals surface area contributed by atoms with Crippen LogP contribution in [0.3, 0.4) is 0 Å². The van der Waals surface area contributed by atoms with E-state index in [0.29, 0.717) is 11.3 Å². The van der Waals surface area contributed by atoms with Gasteiger partial charge in [-0.1, -0.05) is 12.1 Å². The van der Waals surface area contributed by atoms with Crippen LogP contribution < -0.4 is 4.74 Å². The van der Waals surface area contributed by atoms with Crippen molar-refractivity contribution in [1.82, 2.24) is 0 Å². The molecule has 0 saturated carbocycles. The van der Waals surface area contributed by atoms with Gasteiger partial charge in [0.2, 0.25) is 12.4 Å². The average Bonchev–Trinajstić information content (AvgIpc) is 2.69. The summed E-state index contributed by atoms with van der Waals surface area (Å²) in [4.78, 5) is 34.9. The van der Waals surface area contributed by atoms with Gasteiger partial charge in [-0.3, -0.25) is 14.4 Å². The molecule has 30 heavy (non-hydrogen) atoms. The summed E-state index contributed by atoms with van der Waals surface area (Å²) in [6, 6.07) is 7.07. The van der Waals surface area contributed by atoms with Gasteiger partial charge in [-0.05, 0) is 12.1 Å². The van der Waals surface area contributed by atoms with Crippen LogP contribution in [-0.2, 0) is 42.8 Å². The summed E-state index contributed by atoms with van der Waals surface area (Å²) in [5.74, 6) is -1.25. The molecule has 0 amide bonds. The first-order valence-electron chi connectivity index (χ1n) is 9.36. The van der Waals surface area contributed by atoms with E-state index in [1.165, 1.54) is 20.8 Å². The van der Waals surface area contributed by atoms with Gasteiger partial charge in [-0.15, -0.1) is 0 Å². The van der Waals surface area contributed by atoms with Crippen LogP contribution >= 0.6 is 0 Å². The molecule has 6 atom stereocenters. The highest BCUT2D eigenvalue weighted by Crippen LogP contribution is 2.37. The number of ether oxygens (including phenoxy) is 7. The van der Waals surface area contributed by atoms with Crippen LogP contribution in [0.5, 0.6) is 5.75 Å². The van der Waals surface area contributed by atoms with Crippen molar-refractivity contribution in [3.63, 3.8) is 0 Å². The van der Waals surface area contributed by atoms with E-state index in [1.807, 2.05) is 0 Å². The summed E-state index contributed by atoms with van der Waals surface area (Å²) in [5.41, 5.74) is 0.710. The highest BCUT2D eigenvalue weighted by atomic mass is 16.8. The van der Waals surface area contributed by atoms with Crippen LogP contribution in [-0.4, -0.2) is 62.3 Å². The predicted molar refractivity (Wildman–Crippen MR) is 98.1 cm³/mol. The Morgan fingerprint density at radius 1 is 0.867 bits per heavy atom. The second-order valence-corrected chi connectivity index (χ2v) is 6.84. The van der Waals surface area contributed by atoms with Crippen LogP contribution in [0.15, 0.2) is 24.3 Å². The van der Waals surface area contributed by atoms with Gasteiger partial charge in [-0.25, -0.2) is 0 Å². The second-order valence-electron chi connectivity index (χ2n) is 6.84. The number of carbonyl (C=O) groups is 3. The van der Waals surface area contributed by atoms with E-state index < -0.39 is 54.9 Å². The van der Waals surface area contributed by atoms with Crippen molar-refractivity contribution in [3.05, 3.63) is 29.8 Å². The van der Waals surface area contributed by atoms with Crippen LogP contribution in [0.1, 0.15) is 32.6 Å². The molecule has 10 heteroatoms. The summed E-state index contributed by atoms with van der Waals surface area (Å²) in [7, 11) is 1.56. The molecule has 2 aliphatic rings. The Labute approximate surface area is 173 Å². The maximum atomic E-state index is 11.8. The van der Waals surface area contributed by atoms with Gasteiger partial charge in [0.15, 0.2) is 12.4 Å². The first kappa shape index (κ1) is 22.0. The molecule has 10 nitrogen and oxygen atoms in total. The zero-order chi connectivity index (χ0) is 21.8. The van der Waals surface area contributed by atoms with Crippen LogP contribution in [0.2, 0.25) is 0 Å². The molecule has 164 valence electrons. The standard InChI is InChI=1S/C20H24O10/c1-10(21)26-17-16-15(29-20(28-12(3)23)18(17)27-11(2)22)9-25-19(30-16)13-5-7-14(24-4)8-6-13/h5-8,15-20H,9H2,1-4H3/t15-,16-,17+,18+,19?,20+/m1/s1. The predicted octanol–water partition coefficient (Wildman–Crippen LogP) is 1.26. The largest absolute Gasteiger partial charge is 0.497 e. The van der Waals surface area contributed by atoms with Crippen LogP contribution in [0, 0.1) is 0 Å². The number of carbonyl (C=O) groups excluding carboxylic acids is 3. The highest BCUT2D eigenvalue weighted by molar-refractivity contribution is 5.68. The summed E-state index contributed by atoms with van der Waals surface area (Å²) < 4.78 is 38.5. The Hall–Kier alpha value is -2.69. The van der Waals surface area contributed by atoms with Crippen molar-refractivity contribution in [3.8, 4) is 5.75 Å². The van der Waals surface area contributed by atoms with Crippen molar-refractivity contribution >= 4 is 17.9 Å². The number of rotatable bonds is 5. The monoisotopic (exact) mass is 424 g/mol. The van der Waals surface area contributed by atoms with Gasteiger partial charge in [0, 0.05) is 26.3 Å². The van der Waals surface area contributed by atoms with Gasteiger partial charge in [0.25, 0.3) is 0 Å². The molecular formula is C20H24O10. The van der Waals surface area contributed by atoms with Crippen molar-refractivity contribution < 1.29 is 47.5 Å². The van der Waals surface area contributed by atoms with Crippen LogP contribution in [0.25, 0.3) is 0 Å². The minimum atomic E-state index is -1.28. The van der Waals surface area contributed by atoms with E-state index in [4.69, 9.17) is 33.2 Å². The van der Waals surface area contributed by atoms with Crippen LogP contribution in [0.4, 0.5) is 0 Å². The lowest BCUT2D eigenvalue weighted by Crippen LogP contribution is -2.64. The normalized spacial score (nSPS) is 30.5. The number of fused-ring (bicyclic) bond motifs is 1. The quantitative estimate of drug-likeness (QED) is 0.505. The van der Waals surface area contributed by atoms with Crippen molar-refractivity contribution in [2.24, 2.45) is 0 Å². The average molecular weight is 424 g/mol. The number of hydrogen-bond acceptors (Lipinski definition) is 10. The topological polar surface area (TPSA) is 116 Å². The lowest BCUT2D eigenvalue weighted by molar-refractivity contribution is -0.356. The third kappa shape index (κ3) is 5.07. The van der Waals surface area contributed by atoms with E-state index in [0.717, 1.165) is 0 Å². The maximum absolute atomic E-state index is 11.8. The van der Waals surface area contributed by atoms with Gasteiger partial charge < -0.3 is 33.2 Å². The molecule has 1 aromatic carbocycles. The molecule has 1 unspecified atom stereocenters. The summed E-state index contributed by atoms with van der Waals surface area (Å²) in [6.45, 7) is 3.67. The van der Waals surface area contributed by atoms with Crippen molar-refractivity contribution in [2.75, 3.05) is 13.7 Å². The maximum Gasteiger partial charge on any atom is 0.305 e. The van der Waals surface area contributed by atoms with Gasteiger partial charge >= 0.3 is 17.9 Å². The number of esters is 3. The molecule has 0 radical (unpaired) electrons. The fourth-order valence-electron chi connectivity index (χ4n) is 3.38. The summed E-state index contributed by atoms with van der Waals surface area (Å²) in [5, 5.41) is 0. The Balaban J connectivity index is 1.87. The Morgan fingerprint density at radius 2 is 1.47 bits per heavy atom. The fourth-order valence-corrected chi connectivity index (χ4v) is 3.38. The van der Waals surface area contributed by atoms with E-state index in [2.05, 4.69) is 0 Å². The van der Waals surface area contributed by atoms with E-state index >= 15 is 0 Å². The van der Waals surface area contributed by atoms with Gasteiger partial charge in [-0.2, -0.15) is 0 Å². The van der Waals surface area contributed by atoms with Crippen molar-refractivity contribution in [2.45, 2.75) is 57.8 Å². The molecule has 2 heterocycles. The van der Waals surface area contributed by atoms with E-state index in [1.54, 1.807) is 31.4 Å². The molecule has 2 saturated heterocycles. The molecule has 0 aromatic heterocycles. The lowest BCUT2D eigenvalue weighted by Gasteiger charge is -2.47. The smallest absolute Gasteiger partial charge is 0.305 e. The first-order valence-corrected chi connectivity index (χ1v) is 9.36. The Kier molecular flexibility index (Phi) is 6.91. The SMILES string of the molecule is COc1ccc(C2OC[C@H]3O[C@H](OC(C)=O)[C@@H](OC(C)=O)[C@@H](OC(C)=O)[C@@H]3O2)cc1. The molecule has 3 rings (SSSR count). The van der Waals surface area contributed by atoms with Gasteiger partial charge in [0.05, 0.1) is 13.7 Å². The summed E-state index contributed by atoms with van der Waals surface area (Å²) in [6.07, 6.45) is -5.87. The molecule has 0 aliphatic carbocycles. The molecule has 0 spiro atoms. The number of hydrogen-bond donors (Lipinski definition) is 0. The van der Waals surface area contributed by atoms with E-state index in [9.17, 15) is 14.4 Å². The second kappa shape index (κ2) is 9.41. The molecule has 1 aromatic rings. The first-order chi connectivity index (χ1) is 14.3. The fraction of sp³-hybridized carbons (Fsp3) is 0.550. The minimum absolute atomic E-state index is 0.0731. The minimum Gasteiger partial charge on any atom is -0.497 e.